The number of carboxylic acid groups (broad SMARTS) is 1. The van der Waals surface area contributed by atoms with Crippen LogP contribution in [0.3, 0.4) is 0 Å². The fraction of sp³-hybridized carbons (Fsp3) is 0.500. The lowest BCUT2D eigenvalue weighted by molar-refractivity contribution is -0.141. The second-order valence-electron chi connectivity index (χ2n) is 4.66. The quantitative estimate of drug-likeness (QED) is 0.735. The summed E-state index contributed by atoms with van der Waals surface area (Å²) in [6, 6.07) is 5.89. The minimum absolute atomic E-state index is 0.283. The minimum atomic E-state index is -0.783. The van der Waals surface area contributed by atoms with Crippen LogP contribution in [-0.4, -0.2) is 42.7 Å². The second kappa shape index (κ2) is 7.74. The number of carboxylic acids is 1. The molecule has 0 aliphatic carbocycles. The molecular formula is C14H20FNO3. The van der Waals surface area contributed by atoms with Crippen LogP contribution in [0.4, 0.5) is 4.39 Å². The predicted octanol–water partition coefficient (Wildman–Crippen LogP) is 2.25. The van der Waals surface area contributed by atoms with Crippen LogP contribution >= 0.6 is 0 Å². The molecule has 19 heavy (non-hydrogen) atoms. The minimum Gasteiger partial charge on any atom is -0.494 e. The van der Waals surface area contributed by atoms with E-state index in [0.717, 1.165) is 13.0 Å². The van der Waals surface area contributed by atoms with Gasteiger partial charge in [-0.1, -0.05) is 6.92 Å². The Hall–Kier alpha value is -1.62. The van der Waals surface area contributed by atoms with Gasteiger partial charge < -0.3 is 14.7 Å². The Labute approximate surface area is 112 Å². The van der Waals surface area contributed by atoms with E-state index in [1.165, 1.54) is 12.1 Å². The van der Waals surface area contributed by atoms with Gasteiger partial charge in [-0.15, -0.1) is 0 Å². The molecule has 5 heteroatoms. The van der Waals surface area contributed by atoms with Crippen molar-refractivity contribution in [3.05, 3.63) is 30.1 Å². The fourth-order valence-corrected chi connectivity index (χ4v) is 1.69. The molecule has 0 aliphatic heterocycles. The Balaban J connectivity index is 2.16. The molecule has 0 aliphatic rings. The highest BCUT2D eigenvalue weighted by atomic mass is 19.1. The second-order valence-corrected chi connectivity index (χ2v) is 4.66. The Morgan fingerprint density at radius 3 is 2.63 bits per heavy atom. The molecule has 0 aromatic heterocycles. The van der Waals surface area contributed by atoms with E-state index in [2.05, 4.69) is 0 Å². The largest absolute Gasteiger partial charge is 0.494 e. The summed E-state index contributed by atoms with van der Waals surface area (Å²) in [6.07, 6.45) is 0.792. The summed E-state index contributed by atoms with van der Waals surface area (Å²) < 4.78 is 18.1. The van der Waals surface area contributed by atoms with Crippen molar-refractivity contribution in [1.29, 1.82) is 0 Å². The Morgan fingerprint density at radius 1 is 1.42 bits per heavy atom. The number of rotatable bonds is 8. The van der Waals surface area contributed by atoms with Crippen molar-refractivity contribution in [1.82, 2.24) is 4.90 Å². The summed E-state index contributed by atoms with van der Waals surface area (Å²) in [7, 11) is 1.89. The molecule has 0 heterocycles. The van der Waals surface area contributed by atoms with Gasteiger partial charge in [0.25, 0.3) is 0 Å². The Kier molecular flexibility index (Phi) is 6.29. The molecule has 1 atom stereocenters. The molecule has 0 bridgehead atoms. The van der Waals surface area contributed by atoms with Crippen molar-refractivity contribution in [3.8, 4) is 5.75 Å². The smallest absolute Gasteiger partial charge is 0.307 e. The summed E-state index contributed by atoms with van der Waals surface area (Å²) in [5.74, 6) is -0.796. The van der Waals surface area contributed by atoms with E-state index in [1.54, 1.807) is 19.1 Å². The van der Waals surface area contributed by atoms with E-state index < -0.39 is 5.97 Å². The van der Waals surface area contributed by atoms with E-state index in [1.807, 2.05) is 11.9 Å². The third-order valence-corrected chi connectivity index (χ3v) is 2.77. The van der Waals surface area contributed by atoms with E-state index >= 15 is 0 Å². The lowest BCUT2D eigenvalue weighted by atomic mass is 10.2. The summed E-state index contributed by atoms with van der Waals surface area (Å²) in [5, 5.41) is 8.79. The maximum Gasteiger partial charge on any atom is 0.307 e. The average Bonchev–Trinajstić information content (AvgIpc) is 2.36. The first-order valence-corrected chi connectivity index (χ1v) is 6.28. The maximum absolute atomic E-state index is 12.7. The maximum atomic E-state index is 12.7. The Morgan fingerprint density at radius 2 is 2.05 bits per heavy atom. The van der Waals surface area contributed by atoms with Gasteiger partial charge in [0.05, 0.1) is 12.5 Å². The fourth-order valence-electron chi connectivity index (χ4n) is 1.69. The van der Waals surface area contributed by atoms with Gasteiger partial charge in [0, 0.05) is 13.1 Å². The molecule has 0 saturated heterocycles. The molecule has 0 fully saturated rings. The van der Waals surface area contributed by atoms with Crippen molar-refractivity contribution in [3.63, 3.8) is 0 Å². The number of benzene rings is 1. The molecule has 1 aromatic rings. The van der Waals surface area contributed by atoms with Gasteiger partial charge >= 0.3 is 5.97 Å². The normalized spacial score (nSPS) is 12.4. The molecule has 0 spiro atoms. The van der Waals surface area contributed by atoms with Gasteiger partial charge in [0.15, 0.2) is 0 Å². The molecular weight excluding hydrogens is 249 g/mol. The molecule has 1 aromatic carbocycles. The van der Waals surface area contributed by atoms with Crippen LogP contribution in [0.5, 0.6) is 5.75 Å². The third kappa shape index (κ3) is 6.20. The summed E-state index contributed by atoms with van der Waals surface area (Å²) in [5.41, 5.74) is 0. The van der Waals surface area contributed by atoms with Crippen LogP contribution in [0.1, 0.15) is 13.3 Å². The molecule has 4 nitrogen and oxygen atoms in total. The lowest BCUT2D eigenvalue weighted by Crippen LogP contribution is -2.30. The Bertz CT molecular complexity index is 394. The first-order valence-electron chi connectivity index (χ1n) is 6.28. The number of carbonyl (C=O) groups is 1. The number of halogens is 1. The number of aliphatic carboxylic acids is 1. The first kappa shape index (κ1) is 15.4. The van der Waals surface area contributed by atoms with Crippen LogP contribution in [0.25, 0.3) is 0 Å². The van der Waals surface area contributed by atoms with Crippen LogP contribution in [-0.2, 0) is 4.79 Å². The summed E-state index contributed by atoms with van der Waals surface area (Å²) in [4.78, 5) is 12.7. The zero-order valence-electron chi connectivity index (χ0n) is 11.3. The van der Waals surface area contributed by atoms with E-state index in [0.29, 0.717) is 18.9 Å². The summed E-state index contributed by atoms with van der Waals surface area (Å²) in [6.45, 7) is 3.50. The van der Waals surface area contributed by atoms with Crippen molar-refractivity contribution in [2.24, 2.45) is 5.92 Å². The van der Waals surface area contributed by atoms with Crippen LogP contribution in [0, 0.1) is 11.7 Å². The topological polar surface area (TPSA) is 49.8 Å². The van der Waals surface area contributed by atoms with Gasteiger partial charge in [-0.05, 0) is 37.7 Å². The molecule has 1 rings (SSSR count). The van der Waals surface area contributed by atoms with E-state index in [9.17, 15) is 9.18 Å². The van der Waals surface area contributed by atoms with E-state index in [-0.39, 0.29) is 11.7 Å². The lowest BCUT2D eigenvalue weighted by Gasteiger charge is -2.18. The zero-order chi connectivity index (χ0) is 14.3. The van der Waals surface area contributed by atoms with E-state index in [4.69, 9.17) is 9.84 Å². The van der Waals surface area contributed by atoms with Crippen molar-refractivity contribution in [2.75, 3.05) is 26.7 Å². The molecule has 1 N–H and O–H groups in total. The highest BCUT2D eigenvalue weighted by Gasteiger charge is 2.12. The average molecular weight is 269 g/mol. The molecule has 106 valence electrons. The van der Waals surface area contributed by atoms with Gasteiger partial charge in [-0.3, -0.25) is 4.79 Å². The first-order chi connectivity index (χ1) is 8.99. The van der Waals surface area contributed by atoms with Crippen molar-refractivity contribution >= 4 is 5.97 Å². The van der Waals surface area contributed by atoms with Crippen LogP contribution in [0.2, 0.25) is 0 Å². The summed E-state index contributed by atoms with van der Waals surface area (Å²) >= 11 is 0. The number of hydrogen-bond donors (Lipinski definition) is 1. The molecule has 0 radical (unpaired) electrons. The number of ether oxygens (including phenoxy) is 1. The van der Waals surface area contributed by atoms with Crippen molar-refractivity contribution in [2.45, 2.75) is 13.3 Å². The van der Waals surface area contributed by atoms with Crippen LogP contribution in [0.15, 0.2) is 24.3 Å². The standard InChI is InChI=1S/C14H20FNO3/c1-11(14(17)18)10-16(2)8-3-9-19-13-6-4-12(15)5-7-13/h4-7,11H,3,8-10H2,1-2H3,(H,17,18). The number of nitrogens with zero attached hydrogens (tertiary/aromatic N) is 1. The molecule has 1 unspecified atom stereocenters. The van der Waals surface area contributed by atoms with Gasteiger partial charge in [-0.25, -0.2) is 4.39 Å². The highest BCUT2D eigenvalue weighted by molar-refractivity contribution is 5.69. The van der Waals surface area contributed by atoms with Crippen molar-refractivity contribution < 1.29 is 19.0 Å². The SMILES string of the molecule is CC(CN(C)CCCOc1ccc(F)cc1)C(=O)O. The third-order valence-electron chi connectivity index (χ3n) is 2.77. The zero-order valence-corrected chi connectivity index (χ0v) is 11.3. The van der Waals surface area contributed by atoms with Crippen LogP contribution < -0.4 is 4.74 Å². The van der Waals surface area contributed by atoms with Gasteiger partial charge in [-0.2, -0.15) is 0 Å². The highest BCUT2D eigenvalue weighted by Crippen LogP contribution is 2.11. The monoisotopic (exact) mass is 269 g/mol. The predicted molar refractivity (Wildman–Crippen MR) is 70.8 cm³/mol. The van der Waals surface area contributed by atoms with Gasteiger partial charge in [0.1, 0.15) is 11.6 Å². The number of hydrogen-bond acceptors (Lipinski definition) is 3. The van der Waals surface area contributed by atoms with Gasteiger partial charge in [0.2, 0.25) is 0 Å². The molecule has 0 saturated carbocycles. The molecule has 0 amide bonds.